The third kappa shape index (κ3) is 4.57. The summed E-state index contributed by atoms with van der Waals surface area (Å²) >= 11 is 3.32. The normalized spacial score (nSPS) is 11.9. The Labute approximate surface area is 99.2 Å². The third-order valence-electron chi connectivity index (χ3n) is 1.81. The molecule has 84 valence electrons. The van der Waals surface area contributed by atoms with E-state index in [1.165, 1.54) is 6.33 Å². The van der Waals surface area contributed by atoms with Crippen molar-refractivity contribution >= 4 is 21.7 Å². The van der Waals surface area contributed by atoms with E-state index in [0.29, 0.717) is 0 Å². The number of likely N-dealkylation sites (N-methyl/N-ethyl adjacent to an activating group) is 1. The Morgan fingerprint density at radius 3 is 2.60 bits per heavy atom. The van der Waals surface area contributed by atoms with Crippen molar-refractivity contribution in [2.45, 2.75) is 19.4 Å². The molecule has 15 heavy (non-hydrogen) atoms. The zero-order valence-electron chi connectivity index (χ0n) is 9.58. The Bertz CT molecular complexity index is 325. The van der Waals surface area contributed by atoms with E-state index in [9.17, 15) is 0 Å². The molecule has 0 atom stereocenters. The second-order valence-corrected chi connectivity index (χ2v) is 5.29. The van der Waals surface area contributed by atoms with Gasteiger partial charge < -0.3 is 10.2 Å². The summed E-state index contributed by atoms with van der Waals surface area (Å²) in [7, 11) is 4.11. The predicted molar refractivity (Wildman–Crippen MR) is 66.0 cm³/mol. The van der Waals surface area contributed by atoms with E-state index in [2.05, 4.69) is 64.1 Å². The molecule has 5 heteroatoms. The maximum absolute atomic E-state index is 4.16. The molecule has 1 N–H and O–H groups in total. The monoisotopic (exact) mass is 272 g/mol. The van der Waals surface area contributed by atoms with E-state index in [1.54, 1.807) is 0 Å². The number of nitrogens with one attached hydrogen (secondary N) is 1. The Morgan fingerprint density at radius 1 is 1.40 bits per heavy atom. The van der Waals surface area contributed by atoms with Crippen LogP contribution in [0.2, 0.25) is 0 Å². The molecule has 1 aromatic heterocycles. The number of nitrogens with zero attached hydrogens (tertiary/aromatic N) is 3. The summed E-state index contributed by atoms with van der Waals surface area (Å²) in [4.78, 5) is 10.3. The van der Waals surface area contributed by atoms with Gasteiger partial charge >= 0.3 is 0 Å². The van der Waals surface area contributed by atoms with Crippen molar-refractivity contribution in [2.24, 2.45) is 0 Å². The highest BCUT2D eigenvalue weighted by Crippen LogP contribution is 2.15. The van der Waals surface area contributed by atoms with Crippen LogP contribution >= 0.6 is 15.9 Å². The quantitative estimate of drug-likeness (QED) is 0.852. The van der Waals surface area contributed by atoms with Crippen LogP contribution in [-0.4, -0.2) is 41.0 Å². The van der Waals surface area contributed by atoms with E-state index >= 15 is 0 Å². The topological polar surface area (TPSA) is 41.0 Å². The van der Waals surface area contributed by atoms with E-state index in [1.807, 2.05) is 6.07 Å². The second kappa shape index (κ2) is 4.90. The van der Waals surface area contributed by atoms with E-state index in [0.717, 1.165) is 17.0 Å². The van der Waals surface area contributed by atoms with Gasteiger partial charge in [-0.25, -0.2) is 9.97 Å². The second-order valence-electron chi connectivity index (χ2n) is 4.47. The summed E-state index contributed by atoms with van der Waals surface area (Å²) in [5.41, 5.74) is -0.0166. The van der Waals surface area contributed by atoms with Crippen molar-refractivity contribution in [1.82, 2.24) is 14.9 Å². The minimum absolute atomic E-state index is 0.0166. The first-order chi connectivity index (χ1) is 6.89. The summed E-state index contributed by atoms with van der Waals surface area (Å²) in [6.07, 6.45) is 1.54. The maximum atomic E-state index is 4.16. The molecule has 0 fully saturated rings. The molecule has 0 saturated heterocycles. The average molecular weight is 273 g/mol. The Morgan fingerprint density at radius 2 is 2.07 bits per heavy atom. The SMILES string of the molecule is CN(C)CC(C)(C)Nc1cc(Br)ncn1. The number of hydrogen-bond acceptors (Lipinski definition) is 4. The van der Waals surface area contributed by atoms with Crippen molar-refractivity contribution in [3.63, 3.8) is 0 Å². The van der Waals surface area contributed by atoms with Crippen LogP contribution in [0.1, 0.15) is 13.8 Å². The average Bonchev–Trinajstić information content (AvgIpc) is 1.99. The highest BCUT2D eigenvalue weighted by molar-refractivity contribution is 9.10. The van der Waals surface area contributed by atoms with Crippen molar-refractivity contribution in [3.05, 3.63) is 17.0 Å². The fraction of sp³-hybridized carbons (Fsp3) is 0.600. The number of aromatic nitrogens is 2. The van der Waals surface area contributed by atoms with E-state index < -0.39 is 0 Å². The summed E-state index contributed by atoms with van der Waals surface area (Å²) in [5.74, 6) is 0.837. The van der Waals surface area contributed by atoms with Crippen LogP contribution in [0.25, 0.3) is 0 Å². The minimum Gasteiger partial charge on any atom is -0.364 e. The molecule has 0 amide bonds. The third-order valence-corrected chi connectivity index (χ3v) is 2.25. The standard InChI is InChI=1S/C10H17BrN4/c1-10(2,6-15(3)4)14-9-5-8(11)12-7-13-9/h5,7H,6H2,1-4H3,(H,12,13,14). The minimum atomic E-state index is -0.0166. The van der Waals surface area contributed by atoms with Crippen LogP contribution in [-0.2, 0) is 0 Å². The fourth-order valence-corrected chi connectivity index (χ4v) is 1.89. The summed E-state index contributed by atoms with van der Waals surface area (Å²) < 4.78 is 0.792. The van der Waals surface area contributed by atoms with Gasteiger partial charge in [-0.2, -0.15) is 0 Å². The lowest BCUT2D eigenvalue weighted by Gasteiger charge is -2.29. The molecular formula is C10H17BrN4. The Kier molecular flexibility index (Phi) is 4.04. The van der Waals surface area contributed by atoms with Gasteiger partial charge in [0.15, 0.2) is 0 Å². The lowest BCUT2D eigenvalue weighted by molar-refractivity contribution is 0.333. The first kappa shape index (κ1) is 12.4. The summed E-state index contributed by atoms with van der Waals surface area (Å²) in [6.45, 7) is 5.22. The lowest BCUT2D eigenvalue weighted by atomic mass is 10.1. The molecule has 0 saturated carbocycles. The van der Waals surface area contributed by atoms with Gasteiger partial charge in [0.25, 0.3) is 0 Å². The summed E-state index contributed by atoms with van der Waals surface area (Å²) in [6, 6.07) is 1.87. The van der Waals surface area contributed by atoms with Gasteiger partial charge in [0.05, 0.1) is 0 Å². The van der Waals surface area contributed by atoms with Gasteiger partial charge in [-0.15, -0.1) is 0 Å². The molecule has 0 bridgehead atoms. The van der Waals surface area contributed by atoms with Crippen molar-refractivity contribution in [1.29, 1.82) is 0 Å². The van der Waals surface area contributed by atoms with E-state index in [-0.39, 0.29) is 5.54 Å². The molecule has 0 radical (unpaired) electrons. The molecule has 0 aromatic carbocycles. The molecule has 4 nitrogen and oxygen atoms in total. The predicted octanol–water partition coefficient (Wildman–Crippen LogP) is 1.99. The highest BCUT2D eigenvalue weighted by atomic mass is 79.9. The first-order valence-electron chi connectivity index (χ1n) is 4.79. The molecule has 0 unspecified atom stereocenters. The van der Waals surface area contributed by atoms with Crippen LogP contribution in [0.3, 0.4) is 0 Å². The van der Waals surface area contributed by atoms with Crippen molar-refractivity contribution in [3.8, 4) is 0 Å². The van der Waals surface area contributed by atoms with E-state index in [4.69, 9.17) is 0 Å². The zero-order chi connectivity index (χ0) is 11.5. The smallest absolute Gasteiger partial charge is 0.130 e. The molecule has 0 aliphatic rings. The van der Waals surface area contributed by atoms with Gasteiger partial charge in [-0.05, 0) is 43.9 Å². The first-order valence-corrected chi connectivity index (χ1v) is 5.59. The number of anilines is 1. The van der Waals surface area contributed by atoms with Gasteiger partial charge in [-0.3, -0.25) is 0 Å². The van der Waals surface area contributed by atoms with Gasteiger partial charge in [0.2, 0.25) is 0 Å². The Balaban J connectivity index is 2.68. The number of halogens is 1. The Hall–Kier alpha value is -0.680. The molecule has 0 spiro atoms. The molecular weight excluding hydrogens is 256 g/mol. The largest absolute Gasteiger partial charge is 0.364 e. The van der Waals surface area contributed by atoms with Crippen LogP contribution < -0.4 is 5.32 Å². The van der Waals surface area contributed by atoms with Gasteiger partial charge in [-0.1, -0.05) is 0 Å². The fourth-order valence-electron chi connectivity index (χ4n) is 1.58. The van der Waals surface area contributed by atoms with Gasteiger partial charge in [0.1, 0.15) is 16.7 Å². The van der Waals surface area contributed by atoms with Crippen LogP contribution in [0.15, 0.2) is 17.0 Å². The lowest BCUT2D eigenvalue weighted by Crippen LogP contribution is -2.41. The van der Waals surface area contributed by atoms with Crippen LogP contribution in [0.4, 0.5) is 5.82 Å². The van der Waals surface area contributed by atoms with Crippen LogP contribution in [0, 0.1) is 0 Å². The molecule has 1 aromatic rings. The molecule has 0 aliphatic carbocycles. The maximum Gasteiger partial charge on any atom is 0.130 e. The molecule has 1 heterocycles. The summed E-state index contributed by atoms with van der Waals surface area (Å²) in [5, 5.41) is 3.37. The van der Waals surface area contributed by atoms with Crippen LogP contribution in [0.5, 0.6) is 0 Å². The molecule has 1 rings (SSSR count). The zero-order valence-corrected chi connectivity index (χ0v) is 11.2. The van der Waals surface area contributed by atoms with Gasteiger partial charge in [0, 0.05) is 18.2 Å². The highest BCUT2D eigenvalue weighted by Gasteiger charge is 2.18. The number of hydrogen-bond donors (Lipinski definition) is 1. The number of rotatable bonds is 4. The van der Waals surface area contributed by atoms with Crippen molar-refractivity contribution < 1.29 is 0 Å². The molecule has 0 aliphatic heterocycles. The van der Waals surface area contributed by atoms with Crippen molar-refractivity contribution in [2.75, 3.05) is 26.0 Å².